The number of nitrogens with one attached hydrogen (secondary N) is 3. The molecule has 5 rings (SSSR count). The first-order valence-corrected chi connectivity index (χ1v) is 9.74. The summed E-state index contributed by atoms with van der Waals surface area (Å²) in [6.07, 6.45) is 3.12. The molecule has 142 valence electrons. The van der Waals surface area contributed by atoms with Crippen molar-refractivity contribution in [2.45, 2.75) is 50.9 Å². The molecule has 4 aliphatic rings. The van der Waals surface area contributed by atoms with E-state index in [1.807, 2.05) is 12.1 Å². The molecule has 2 saturated heterocycles. The Bertz CT molecular complexity index is 825. The van der Waals surface area contributed by atoms with Crippen LogP contribution in [0.3, 0.4) is 0 Å². The topological polar surface area (TPSA) is 90.5 Å². The summed E-state index contributed by atoms with van der Waals surface area (Å²) in [6, 6.07) is 5.81. The molecule has 7 nitrogen and oxygen atoms in total. The lowest BCUT2D eigenvalue weighted by Gasteiger charge is -2.54. The zero-order valence-corrected chi connectivity index (χ0v) is 15.2. The second kappa shape index (κ2) is 6.14. The molecule has 0 aromatic heterocycles. The minimum atomic E-state index is -0.555. The Balaban J connectivity index is 1.27. The van der Waals surface area contributed by atoms with Gasteiger partial charge in [-0.2, -0.15) is 0 Å². The average molecular weight is 368 g/mol. The van der Waals surface area contributed by atoms with Crippen molar-refractivity contribution < 1.29 is 14.4 Å². The molecule has 1 spiro atoms. The summed E-state index contributed by atoms with van der Waals surface area (Å²) in [7, 11) is 0. The van der Waals surface area contributed by atoms with Crippen LogP contribution in [0.15, 0.2) is 18.2 Å². The number of fused-ring (bicyclic) bond motifs is 1. The summed E-state index contributed by atoms with van der Waals surface area (Å²) < 4.78 is 0. The molecule has 1 atom stereocenters. The molecule has 1 aliphatic carbocycles. The van der Waals surface area contributed by atoms with E-state index < -0.39 is 6.04 Å². The van der Waals surface area contributed by atoms with Crippen LogP contribution in [0.4, 0.5) is 0 Å². The second-order valence-corrected chi connectivity index (χ2v) is 8.43. The lowest BCUT2D eigenvalue weighted by Crippen LogP contribution is -2.64. The van der Waals surface area contributed by atoms with E-state index in [0.29, 0.717) is 30.0 Å². The predicted octanol–water partition coefficient (Wildman–Crippen LogP) is 0.289. The standard InChI is InChI=1S/C20H24N4O3/c25-17-5-4-16(18(26)23-17)24-9-15-12(2-1-3-14(15)19(24)27)8-22-13-6-20(7-13)10-21-11-20/h1-3,13,16,21-22H,4-11H2,(H,23,25,26). The van der Waals surface area contributed by atoms with E-state index in [9.17, 15) is 14.4 Å². The molecule has 0 radical (unpaired) electrons. The zero-order chi connectivity index (χ0) is 18.6. The third-order valence-corrected chi connectivity index (χ3v) is 6.62. The van der Waals surface area contributed by atoms with Crippen LogP contribution >= 0.6 is 0 Å². The van der Waals surface area contributed by atoms with Crippen LogP contribution in [0.5, 0.6) is 0 Å². The Morgan fingerprint density at radius 2 is 2.00 bits per heavy atom. The Hall–Kier alpha value is -2.25. The van der Waals surface area contributed by atoms with Crippen LogP contribution < -0.4 is 16.0 Å². The van der Waals surface area contributed by atoms with Crippen LogP contribution in [0.2, 0.25) is 0 Å². The van der Waals surface area contributed by atoms with Crippen molar-refractivity contribution in [3.05, 3.63) is 34.9 Å². The summed E-state index contributed by atoms with van der Waals surface area (Å²) in [5.41, 5.74) is 3.36. The van der Waals surface area contributed by atoms with E-state index in [0.717, 1.165) is 30.8 Å². The molecule has 1 saturated carbocycles. The molecule has 3 N–H and O–H groups in total. The van der Waals surface area contributed by atoms with Gasteiger partial charge in [-0.15, -0.1) is 0 Å². The molecule has 7 heteroatoms. The number of nitrogens with zero attached hydrogens (tertiary/aromatic N) is 1. The second-order valence-electron chi connectivity index (χ2n) is 8.43. The molecular weight excluding hydrogens is 344 g/mol. The number of hydrogen-bond donors (Lipinski definition) is 3. The molecule has 3 fully saturated rings. The Labute approximate surface area is 157 Å². The van der Waals surface area contributed by atoms with Crippen LogP contribution in [0.1, 0.15) is 47.2 Å². The smallest absolute Gasteiger partial charge is 0.255 e. The maximum atomic E-state index is 12.8. The first kappa shape index (κ1) is 16.9. The van der Waals surface area contributed by atoms with Gasteiger partial charge < -0.3 is 15.5 Å². The van der Waals surface area contributed by atoms with E-state index in [4.69, 9.17) is 0 Å². The number of amides is 3. The van der Waals surface area contributed by atoms with Gasteiger partial charge in [0, 0.05) is 44.2 Å². The summed E-state index contributed by atoms with van der Waals surface area (Å²) in [6.45, 7) is 3.47. The van der Waals surface area contributed by atoms with E-state index in [1.54, 1.807) is 4.90 Å². The monoisotopic (exact) mass is 368 g/mol. The van der Waals surface area contributed by atoms with Crippen molar-refractivity contribution in [1.29, 1.82) is 0 Å². The SMILES string of the molecule is O=C1CCC(N2Cc3c(CNC4CC5(CNC5)C4)cccc3C2=O)C(=O)N1. The lowest BCUT2D eigenvalue weighted by molar-refractivity contribution is -0.136. The van der Waals surface area contributed by atoms with Crippen molar-refractivity contribution in [3.63, 3.8) is 0 Å². The number of carbonyl (C=O) groups is 3. The van der Waals surface area contributed by atoms with Crippen LogP contribution in [0, 0.1) is 5.41 Å². The van der Waals surface area contributed by atoms with Crippen LogP contribution in [-0.2, 0) is 22.7 Å². The van der Waals surface area contributed by atoms with E-state index in [1.165, 1.54) is 12.8 Å². The van der Waals surface area contributed by atoms with E-state index >= 15 is 0 Å². The molecule has 3 heterocycles. The molecule has 0 bridgehead atoms. The van der Waals surface area contributed by atoms with Crippen LogP contribution in [0.25, 0.3) is 0 Å². The van der Waals surface area contributed by atoms with Crippen molar-refractivity contribution >= 4 is 17.7 Å². The minimum Gasteiger partial charge on any atom is -0.322 e. The summed E-state index contributed by atoms with van der Waals surface area (Å²) in [4.78, 5) is 38.0. The first-order chi connectivity index (χ1) is 13.0. The van der Waals surface area contributed by atoms with Gasteiger partial charge >= 0.3 is 0 Å². The maximum absolute atomic E-state index is 12.8. The van der Waals surface area contributed by atoms with E-state index in [2.05, 4.69) is 22.0 Å². The molecule has 1 unspecified atom stereocenters. The number of carbonyl (C=O) groups excluding carboxylic acids is 3. The van der Waals surface area contributed by atoms with Crippen LogP contribution in [-0.4, -0.2) is 47.8 Å². The van der Waals surface area contributed by atoms with Gasteiger partial charge in [0.05, 0.1) is 0 Å². The highest BCUT2D eigenvalue weighted by Crippen LogP contribution is 2.44. The Morgan fingerprint density at radius 1 is 1.19 bits per heavy atom. The van der Waals surface area contributed by atoms with Gasteiger partial charge in [-0.25, -0.2) is 0 Å². The number of rotatable bonds is 4. The predicted molar refractivity (Wildman–Crippen MR) is 97.7 cm³/mol. The van der Waals surface area contributed by atoms with Gasteiger partial charge in [0.1, 0.15) is 6.04 Å². The third-order valence-electron chi connectivity index (χ3n) is 6.62. The average Bonchev–Trinajstić information content (AvgIpc) is 2.90. The minimum absolute atomic E-state index is 0.107. The summed E-state index contributed by atoms with van der Waals surface area (Å²) >= 11 is 0. The van der Waals surface area contributed by atoms with Gasteiger partial charge in [-0.3, -0.25) is 19.7 Å². The van der Waals surface area contributed by atoms with Crippen molar-refractivity contribution in [3.8, 4) is 0 Å². The molecular formula is C20H24N4O3. The van der Waals surface area contributed by atoms with Crippen molar-refractivity contribution in [2.75, 3.05) is 13.1 Å². The quantitative estimate of drug-likeness (QED) is 0.665. The largest absolute Gasteiger partial charge is 0.322 e. The number of benzene rings is 1. The summed E-state index contributed by atoms with van der Waals surface area (Å²) in [5.74, 6) is -0.726. The Kier molecular flexibility index (Phi) is 3.84. The van der Waals surface area contributed by atoms with Crippen molar-refractivity contribution in [2.24, 2.45) is 5.41 Å². The molecule has 27 heavy (non-hydrogen) atoms. The van der Waals surface area contributed by atoms with Gasteiger partial charge in [0.25, 0.3) is 5.91 Å². The number of hydrogen-bond acceptors (Lipinski definition) is 5. The maximum Gasteiger partial charge on any atom is 0.255 e. The number of imide groups is 1. The molecule has 3 amide bonds. The fraction of sp³-hybridized carbons (Fsp3) is 0.550. The normalized spacial score (nSPS) is 26.6. The van der Waals surface area contributed by atoms with Gasteiger partial charge in [-0.1, -0.05) is 12.1 Å². The van der Waals surface area contributed by atoms with Gasteiger partial charge in [0.2, 0.25) is 11.8 Å². The number of piperidine rings is 1. The molecule has 3 aliphatic heterocycles. The highest BCUT2D eigenvalue weighted by Gasteiger charge is 2.48. The molecule has 1 aromatic rings. The van der Waals surface area contributed by atoms with Gasteiger partial charge in [0.15, 0.2) is 0 Å². The Morgan fingerprint density at radius 3 is 2.70 bits per heavy atom. The fourth-order valence-corrected chi connectivity index (χ4v) is 4.97. The van der Waals surface area contributed by atoms with E-state index in [-0.39, 0.29) is 24.1 Å². The van der Waals surface area contributed by atoms with Crippen molar-refractivity contribution in [1.82, 2.24) is 20.9 Å². The zero-order valence-electron chi connectivity index (χ0n) is 15.2. The first-order valence-electron chi connectivity index (χ1n) is 9.74. The lowest BCUT2D eigenvalue weighted by atomic mass is 9.61. The summed E-state index contributed by atoms with van der Waals surface area (Å²) in [5, 5.41) is 9.34. The fourth-order valence-electron chi connectivity index (χ4n) is 4.97. The molecule has 1 aromatic carbocycles. The highest BCUT2D eigenvalue weighted by molar-refractivity contribution is 6.05. The highest BCUT2D eigenvalue weighted by atomic mass is 16.2. The third kappa shape index (κ3) is 2.76. The van der Waals surface area contributed by atoms with Gasteiger partial charge in [-0.05, 0) is 41.9 Å².